The zero-order valence-corrected chi connectivity index (χ0v) is 12.2. The topological polar surface area (TPSA) is 43.4 Å². The van der Waals surface area contributed by atoms with Gasteiger partial charge in [0, 0.05) is 17.1 Å². The highest BCUT2D eigenvalue weighted by Crippen LogP contribution is 2.28. The van der Waals surface area contributed by atoms with Crippen LogP contribution in [0.3, 0.4) is 0 Å². The average molecular weight is 287 g/mol. The molecule has 98 valence electrons. The van der Waals surface area contributed by atoms with Gasteiger partial charge in [-0.1, -0.05) is 0 Å². The Morgan fingerprint density at radius 1 is 1.28 bits per heavy atom. The van der Waals surface area contributed by atoms with E-state index in [1.54, 1.807) is 20.8 Å². The summed E-state index contributed by atoms with van der Waals surface area (Å²) in [4.78, 5) is 0.0971. The summed E-state index contributed by atoms with van der Waals surface area (Å²) >= 11 is 0. The number of rotatable bonds is 4. The normalized spacial score (nSPS) is 10.7. The van der Waals surface area contributed by atoms with E-state index in [0.717, 1.165) is 11.1 Å². The van der Waals surface area contributed by atoms with E-state index in [2.05, 4.69) is 11.8 Å². The lowest BCUT2D eigenvalue weighted by Gasteiger charge is -2.12. The van der Waals surface area contributed by atoms with E-state index in [-0.39, 0.29) is 4.90 Å². The molecule has 0 bridgehead atoms. The van der Waals surface area contributed by atoms with Crippen LogP contribution in [0.25, 0.3) is 0 Å². The van der Waals surface area contributed by atoms with Gasteiger partial charge in [-0.15, -0.1) is 11.8 Å². The Labute approximate surface area is 113 Å². The SMILES string of the molecule is CC#CCCOc1c(C)cc(S(=O)(=O)Cl)cc1C. The van der Waals surface area contributed by atoms with Gasteiger partial charge in [0.2, 0.25) is 0 Å². The second kappa shape index (κ2) is 6.12. The Balaban J connectivity index is 2.97. The minimum atomic E-state index is -3.70. The average Bonchev–Trinajstić information content (AvgIpc) is 2.25. The van der Waals surface area contributed by atoms with E-state index in [0.29, 0.717) is 18.8 Å². The quantitative estimate of drug-likeness (QED) is 0.485. The third-order valence-electron chi connectivity index (χ3n) is 2.37. The lowest BCUT2D eigenvalue weighted by atomic mass is 10.1. The third-order valence-corrected chi connectivity index (χ3v) is 3.70. The number of hydrogen-bond donors (Lipinski definition) is 0. The van der Waals surface area contributed by atoms with Crippen molar-refractivity contribution in [2.45, 2.75) is 32.1 Å². The molecule has 0 saturated carbocycles. The van der Waals surface area contributed by atoms with Crippen molar-refractivity contribution in [1.29, 1.82) is 0 Å². The fourth-order valence-corrected chi connectivity index (χ4v) is 2.51. The molecule has 1 aromatic rings. The standard InChI is InChI=1S/C13H15ClO3S/c1-4-5-6-7-17-13-10(2)8-12(9-11(13)3)18(14,15)16/h8-9H,6-7H2,1-3H3. The zero-order valence-electron chi connectivity index (χ0n) is 10.6. The van der Waals surface area contributed by atoms with Crippen molar-refractivity contribution >= 4 is 19.7 Å². The summed E-state index contributed by atoms with van der Waals surface area (Å²) in [5.74, 6) is 6.38. The molecular weight excluding hydrogens is 272 g/mol. The second-order valence-corrected chi connectivity index (χ2v) is 6.42. The summed E-state index contributed by atoms with van der Waals surface area (Å²) in [7, 11) is 1.61. The van der Waals surface area contributed by atoms with Crippen molar-refractivity contribution in [3.8, 4) is 17.6 Å². The molecule has 1 rings (SSSR count). The smallest absolute Gasteiger partial charge is 0.261 e. The van der Waals surface area contributed by atoms with E-state index in [1.807, 2.05) is 0 Å². The lowest BCUT2D eigenvalue weighted by Crippen LogP contribution is -2.02. The predicted octanol–water partition coefficient (Wildman–Crippen LogP) is 3.02. The fourth-order valence-electron chi connectivity index (χ4n) is 1.61. The molecule has 0 aliphatic rings. The fraction of sp³-hybridized carbons (Fsp3) is 0.385. The summed E-state index contributed by atoms with van der Waals surface area (Å²) < 4.78 is 28.1. The maximum Gasteiger partial charge on any atom is 0.261 e. The van der Waals surface area contributed by atoms with Crippen LogP contribution >= 0.6 is 10.7 Å². The van der Waals surface area contributed by atoms with Gasteiger partial charge in [0.25, 0.3) is 9.05 Å². The Hall–Kier alpha value is -1.18. The van der Waals surface area contributed by atoms with E-state index < -0.39 is 9.05 Å². The zero-order chi connectivity index (χ0) is 13.8. The maximum atomic E-state index is 11.3. The number of benzene rings is 1. The molecule has 18 heavy (non-hydrogen) atoms. The van der Waals surface area contributed by atoms with Gasteiger partial charge in [-0.05, 0) is 44.0 Å². The van der Waals surface area contributed by atoms with Gasteiger partial charge in [0.1, 0.15) is 5.75 Å². The monoisotopic (exact) mass is 286 g/mol. The van der Waals surface area contributed by atoms with Crippen molar-refractivity contribution in [3.63, 3.8) is 0 Å². The molecule has 0 radical (unpaired) electrons. The first-order chi connectivity index (χ1) is 8.36. The first-order valence-electron chi connectivity index (χ1n) is 5.44. The molecule has 0 amide bonds. The Morgan fingerprint density at radius 3 is 2.28 bits per heavy atom. The van der Waals surface area contributed by atoms with Crippen molar-refractivity contribution in [2.75, 3.05) is 6.61 Å². The Kier molecular flexibility index (Phi) is 5.06. The van der Waals surface area contributed by atoms with Crippen molar-refractivity contribution in [1.82, 2.24) is 0 Å². The summed E-state index contributed by atoms with van der Waals surface area (Å²) in [5, 5.41) is 0. The number of halogens is 1. The first-order valence-corrected chi connectivity index (χ1v) is 7.75. The van der Waals surface area contributed by atoms with Crippen LogP contribution < -0.4 is 4.74 Å². The molecule has 3 nitrogen and oxygen atoms in total. The largest absolute Gasteiger partial charge is 0.492 e. The molecule has 0 heterocycles. The highest BCUT2D eigenvalue weighted by atomic mass is 35.7. The highest BCUT2D eigenvalue weighted by Gasteiger charge is 2.14. The predicted molar refractivity (Wildman–Crippen MR) is 72.5 cm³/mol. The molecule has 1 aromatic carbocycles. The van der Waals surface area contributed by atoms with Crippen LogP contribution in [-0.2, 0) is 9.05 Å². The Bertz CT molecular complexity index is 571. The van der Waals surface area contributed by atoms with Crippen molar-refractivity contribution < 1.29 is 13.2 Å². The lowest BCUT2D eigenvalue weighted by molar-refractivity contribution is 0.322. The molecule has 0 N–H and O–H groups in total. The molecule has 0 spiro atoms. The van der Waals surface area contributed by atoms with Gasteiger partial charge in [-0.2, -0.15) is 0 Å². The van der Waals surface area contributed by atoms with Gasteiger partial charge >= 0.3 is 0 Å². The van der Waals surface area contributed by atoms with Gasteiger partial charge in [-0.3, -0.25) is 0 Å². The molecule has 0 unspecified atom stereocenters. The Morgan fingerprint density at radius 2 is 1.83 bits per heavy atom. The van der Waals surface area contributed by atoms with Crippen LogP contribution in [0.4, 0.5) is 0 Å². The van der Waals surface area contributed by atoms with E-state index in [1.165, 1.54) is 12.1 Å². The van der Waals surface area contributed by atoms with Crippen LogP contribution in [-0.4, -0.2) is 15.0 Å². The minimum Gasteiger partial charge on any atom is -0.492 e. The van der Waals surface area contributed by atoms with Gasteiger partial charge in [0.05, 0.1) is 11.5 Å². The molecule has 5 heteroatoms. The summed E-state index contributed by atoms with van der Waals surface area (Å²) in [6.07, 6.45) is 0.644. The molecular formula is C13H15ClO3S. The van der Waals surface area contributed by atoms with Crippen LogP contribution in [0.15, 0.2) is 17.0 Å². The molecule has 0 atom stereocenters. The van der Waals surface area contributed by atoms with Crippen molar-refractivity contribution in [2.24, 2.45) is 0 Å². The summed E-state index contributed by atoms with van der Waals surface area (Å²) in [6, 6.07) is 3.02. The number of hydrogen-bond acceptors (Lipinski definition) is 3. The van der Waals surface area contributed by atoms with Crippen molar-refractivity contribution in [3.05, 3.63) is 23.3 Å². The minimum absolute atomic E-state index is 0.0971. The number of ether oxygens (including phenoxy) is 1. The summed E-state index contributed by atoms with van der Waals surface area (Å²) in [6.45, 7) is 5.84. The van der Waals surface area contributed by atoms with Gasteiger partial charge in [0.15, 0.2) is 0 Å². The van der Waals surface area contributed by atoms with Gasteiger partial charge in [-0.25, -0.2) is 8.42 Å². The van der Waals surface area contributed by atoms with E-state index in [9.17, 15) is 8.42 Å². The molecule has 0 fully saturated rings. The van der Waals surface area contributed by atoms with E-state index >= 15 is 0 Å². The second-order valence-electron chi connectivity index (χ2n) is 3.85. The van der Waals surface area contributed by atoms with Crippen LogP contribution in [0.2, 0.25) is 0 Å². The molecule has 0 aromatic heterocycles. The third kappa shape index (κ3) is 3.94. The van der Waals surface area contributed by atoms with E-state index in [4.69, 9.17) is 15.4 Å². The number of aryl methyl sites for hydroxylation is 2. The highest BCUT2D eigenvalue weighted by molar-refractivity contribution is 8.13. The molecule has 0 saturated heterocycles. The molecule has 0 aliphatic heterocycles. The van der Waals surface area contributed by atoms with Crippen LogP contribution in [0, 0.1) is 25.7 Å². The van der Waals surface area contributed by atoms with Crippen LogP contribution in [0.1, 0.15) is 24.5 Å². The first kappa shape index (κ1) is 14.9. The molecule has 0 aliphatic carbocycles. The van der Waals surface area contributed by atoms with Gasteiger partial charge < -0.3 is 4.74 Å². The van der Waals surface area contributed by atoms with Crippen LogP contribution in [0.5, 0.6) is 5.75 Å². The maximum absolute atomic E-state index is 11.3. The summed E-state index contributed by atoms with van der Waals surface area (Å²) in [5.41, 5.74) is 1.50.